The van der Waals surface area contributed by atoms with Gasteiger partial charge in [-0.15, -0.1) is 11.3 Å². The molecule has 0 radical (unpaired) electrons. The number of ether oxygens (including phenoxy) is 1. The third kappa shape index (κ3) is 3.32. The van der Waals surface area contributed by atoms with Gasteiger partial charge in [-0.2, -0.15) is 4.98 Å². The average molecular weight is 456 g/mol. The Kier molecular flexibility index (Phi) is 4.22. The van der Waals surface area contributed by atoms with Gasteiger partial charge in [0.15, 0.2) is 0 Å². The first-order valence-corrected chi connectivity index (χ1v) is 9.96. The molecule has 0 aliphatic heterocycles. The summed E-state index contributed by atoms with van der Waals surface area (Å²) < 4.78 is 25.1. The molecule has 0 spiro atoms. The second-order valence-corrected chi connectivity index (χ2v) is 7.87. The number of benzene rings is 2. The van der Waals surface area contributed by atoms with Crippen LogP contribution in [0.3, 0.4) is 0 Å². The van der Waals surface area contributed by atoms with E-state index in [1.165, 1.54) is 23.5 Å². The van der Waals surface area contributed by atoms with Crippen LogP contribution in [-0.4, -0.2) is 15.1 Å². The highest BCUT2D eigenvalue weighted by Crippen LogP contribution is 2.34. The van der Waals surface area contributed by atoms with Gasteiger partial charge in [0.05, 0.1) is 10.6 Å². The molecule has 3 heterocycles. The molecular formula is C20H11BrFN3O2S. The number of rotatable bonds is 4. The molecule has 0 saturated heterocycles. The second-order valence-electron chi connectivity index (χ2n) is 6.04. The summed E-state index contributed by atoms with van der Waals surface area (Å²) in [4.78, 5) is 8.56. The minimum atomic E-state index is -0.305. The molecule has 138 valence electrons. The number of thiophene rings is 1. The number of halogens is 2. The lowest BCUT2D eigenvalue weighted by Gasteiger charge is -2.01. The number of nitrogens with one attached hydrogen (secondary N) is 1. The molecule has 0 aliphatic rings. The number of aromatic nitrogens is 3. The molecular weight excluding hydrogens is 445 g/mol. The van der Waals surface area contributed by atoms with E-state index in [9.17, 15) is 4.39 Å². The van der Waals surface area contributed by atoms with Gasteiger partial charge in [0, 0.05) is 26.8 Å². The molecule has 0 bridgehead atoms. The topological polar surface area (TPSA) is 63.9 Å². The largest absolute Gasteiger partial charge is 0.456 e. The van der Waals surface area contributed by atoms with Crippen LogP contribution in [0, 0.1) is 5.82 Å². The SMILES string of the molecule is Fc1ccc(Oc2csc(-c3nc(-c4cc5cc(Br)ccc5[nH]4)no3)c2)cc1. The van der Waals surface area contributed by atoms with Crippen molar-refractivity contribution in [2.75, 3.05) is 0 Å². The number of aromatic amines is 1. The van der Waals surface area contributed by atoms with Gasteiger partial charge in [0.2, 0.25) is 5.82 Å². The number of hydrogen-bond acceptors (Lipinski definition) is 5. The monoisotopic (exact) mass is 455 g/mol. The summed E-state index contributed by atoms with van der Waals surface area (Å²) in [5.41, 5.74) is 1.78. The maximum absolute atomic E-state index is 13.0. The molecule has 28 heavy (non-hydrogen) atoms. The molecule has 0 saturated carbocycles. The molecule has 3 aromatic heterocycles. The Balaban J connectivity index is 1.39. The lowest BCUT2D eigenvalue weighted by atomic mass is 10.2. The fourth-order valence-corrected chi connectivity index (χ4v) is 3.89. The first-order chi connectivity index (χ1) is 13.6. The van der Waals surface area contributed by atoms with E-state index in [0.717, 1.165) is 25.9 Å². The van der Waals surface area contributed by atoms with Crippen LogP contribution < -0.4 is 4.74 Å². The third-order valence-electron chi connectivity index (χ3n) is 4.09. The zero-order chi connectivity index (χ0) is 19.1. The van der Waals surface area contributed by atoms with E-state index in [1.54, 1.807) is 12.1 Å². The van der Waals surface area contributed by atoms with Crippen LogP contribution in [0.2, 0.25) is 0 Å². The van der Waals surface area contributed by atoms with Crippen molar-refractivity contribution in [1.82, 2.24) is 15.1 Å². The van der Waals surface area contributed by atoms with Crippen molar-refractivity contribution in [3.8, 4) is 33.8 Å². The number of hydrogen-bond donors (Lipinski definition) is 1. The van der Waals surface area contributed by atoms with Crippen molar-refractivity contribution >= 4 is 38.2 Å². The van der Waals surface area contributed by atoms with Crippen molar-refractivity contribution in [2.24, 2.45) is 0 Å². The molecule has 5 aromatic rings. The van der Waals surface area contributed by atoms with E-state index in [4.69, 9.17) is 9.26 Å². The molecule has 0 atom stereocenters. The van der Waals surface area contributed by atoms with Crippen molar-refractivity contribution < 1.29 is 13.7 Å². The highest BCUT2D eigenvalue weighted by Gasteiger charge is 2.15. The highest BCUT2D eigenvalue weighted by atomic mass is 79.9. The van der Waals surface area contributed by atoms with Gasteiger partial charge in [-0.05, 0) is 48.5 Å². The molecule has 0 aliphatic carbocycles. The molecule has 5 rings (SSSR count). The Labute approximate surface area is 170 Å². The van der Waals surface area contributed by atoms with Gasteiger partial charge in [0.25, 0.3) is 5.89 Å². The predicted octanol–water partition coefficient (Wildman–Crippen LogP) is 6.64. The van der Waals surface area contributed by atoms with E-state index in [2.05, 4.69) is 31.1 Å². The molecule has 5 nitrogen and oxygen atoms in total. The molecule has 0 unspecified atom stereocenters. The average Bonchev–Trinajstić information content (AvgIpc) is 3.41. The maximum Gasteiger partial charge on any atom is 0.268 e. The van der Waals surface area contributed by atoms with Crippen LogP contribution in [0.1, 0.15) is 0 Å². The van der Waals surface area contributed by atoms with E-state index in [1.807, 2.05) is 35.7 Å². The summed E-state index contributed by atoms with van der Waals surface area (Å²) in [7, 11) is 0. The maximum atomic E-state index is 13.0. The van der Waals surface area contributed by atoms with E-state index < -0.39 is 0 Å². The van der Waals surface area contributed by atoms with Gasteiger partial charge in [-0.1, -0.05) is 21.1 Å². The van der Waals surface area contributed by atoms with Crippen LogP contribution in [-0.2, 0) is 0 Å². The van der Waals surface area contributed by atoms with Gasteiger partial charge < -0.3 is 14.2 Å². The molecule has 8 heteroatoms. The number of fused-ring (bicyclic) bond motifs is 1. The predicted molar refractivity (Wildman–Crippen MR) is 109 cm³/mol. The fourth-order valence-electron chi connectivity index (χ4n) is 2.78. The molecule has 0 fully saturated rings. The summed E-state index contributed by atoms with van der Waals surface area (Å²) in [5, 5.41) is 6.97. The third-order valence-corrected chi connectivity index (χ3v) is 5.48. The highest BCUT2D eigenvalue weighted by molar-refractivity contribution is 9.10. The normalized spacial score (nSPS) is 11.2. The Morgan fingerprint density at radius 1 is 1.04 bits per heavy atom. The van der Waals surface area contributed by atoms with Crippen LogP contribution >= 0.6 is 27.3 Å². The Morgan fingerprint density at radius 3 is 2.75 bits per heavy atom. The lowest BCUT2D eigenvalue weighted by molar-refractivity contribution is 0.432. The zero-order valence-corrected chi connectivity index (χ0v) is 16.6. The molecule has 0 amide bonds. The Bertz CT molecular complexity index is 1280. The standard InChI is InChI=1S/C20H11BrFN3O2S/c21-12-1-6-16-11(7-12)8-17(23-16)19-24-20(27-25-19)18-9-15(10-28-18)26-14-4-2-13(22)3-5-14/h1-10,23H. The summed E-state index contributed by atoms with van der Waals surface area (Å²) in [6, 6.07) is 15.6. The minimum absolute atomic E-state index is 0.305. The van der Waals surface area contributed by atoms with E-state index in [0.29, 0.717) is 23.2 Å². The molecule has 1 N–H and O–H groups in total. The Hall–Kier alpha value is -2.97. The zero-order valence-electron chi connectivity index (χ0n) is 14.1. The summed E-state index contributed by atoms with van der Waals surface area (Å²) in [5.74, 6) is 1.77. The smallest absolute Gasteiger partial charge is 0.268 e. The number of H-pyrrole nitrogens is 1. The van der Waals surface area contributed by atoms with Gasteiger partial charge in [-0.3, -0.25) is 0 Å². The van der Waals surface area contributed by atoms with Crippen molar-refractivity contribution in [3.63, 3.8) is 0 Å². The fraction of sp³-hybridized carbons (Fsp3) is 0. The van der Waals surface area contributed by atoms with Gasteiger partial charge in [-0.25, -0.2) is 4.39 Å². The number of nitrogens with zero attached hydrogens (tertiary/aromatic N) is 2. The summed E-state index contributed by atoms with van der Waals surface area (Å²) in [6.07, 6.45) is 0. The first kappa shape index (κ1) is 17.2. The van der Waals surface area contributed by atoms with E-state index >= 15 is 0 Å². The summed E-state index contributed by atoms with van der Waals surface area (Å²) >= 11 is 4.90. The van der Waals surface area contributed by atoms with Crippen LogP contribution in [0.15, 0.2) is 69.0 Å². The minimum Gasteiger partial charge on any atom is -0.456 e. The quantitative estimate of drug-likeness (QED) is 0.329. The van der Waals surface area contributed by atoms with Crippen LogP contribution in [0.5, 0.6) is 11.5 Å². The van der Waals surface area contributed by atoms with Gasteiger partial charge in [0.1, 0.15) is 17.3 Å². The van der Waals surface area contributed by atoms with Crippen molar-refractivity contribution in [3.05, 3.63) is 70.3 Å². The summed E-state index contributed by atoms with van der Waals surface area (Å²) in [6.45, 7) is 0. The van der Waals surface area contributed by atoms with Crippen LogP contribution in [0.4, 0.5) is 4.39 Å². The van der Waals surface area contributed by atoms with E-state index in [-0.39, 0.29) is 5.82 Å². The van der Waals surface area contributed by atoms with Crippen molar-refractivity contribution in [2.45, 2.75) is 0 Å². The first-order valence-electron chi connectivity index (χ1n) is 8.29. The Morgan fingerprint density at radius 2 is 1.89 bits per heavy atom. The lowest BCUT2D eigenvalue weighted by Crippen LogP contribution is -1.82. The van der Waals surface area contributed by atoms with Gasteiger partial charge >= 0.3 is 0 Å². The van der Waals surface area contributed by atoms with Crippen LogP contribution in [0.25, 0.3) is 33.2 Å². The molecule has 2 aromatic carbocycles. The second kappa shape index (κ2) is 6.88. The van der Waals surface area contributed by atoms with Crippen molar-refractivity contribution in [1.29, 1.82) is 0 Å².